The highest BCUT2D eigenvalue weighted by molar-refractivity contribution is 7.90. The Morgan fingerprint density at radius 1 is 1.33 bits per heavy atom. The lowest BCUT2D eigenvalue weighted by Gasteiger charge is -2.26. The zero-order valence-corrected chi connectivity index (χ0v) is 11.0. The van der Waals surface area contributed by atoms with Crippen LogP contribution in [0.1, 0.15) is 0 Å². The van der Waals surface area contributed by atoms with Crippen molar-refractivity contribution in [2.24, 2.45) is 0 Å². The molecule has 1 saturated heterocycles. The van der Waals surface area contributed by atoms with Crippen LogP contribution in [0.4, 0.5) is 10.1 Å². The van der Waals surface area contributed by atoms with Gasteiger partial charge in [-0.1, -0.05) is 11.6 Å². The first kappa shape index (κ1) is 13.5. The smallest absolute Gasteiger partial charge is 0.301 e. The molecule has 0 spiro atoms. The number of hydrogen-bond acceptors (Lipinski definition) is 3. The maximum absolute atomic E-state index is 12.8. The number of nitrogens with zero attached hydrogens (tertiary/aromatic N) is 1. The van der Waals surface area contributed by atoms with Gasteiger partial charge >= 0.3 is 10.2 Å². The molecule has 2 rings (SSSR count). The summed E-state index contributed by atoms with van der Waals surface area (Å²) in [5.41, 5.74) is 0.157. The highest BCUT2D eigenvalue weighted by Crippen LogP contribution is 2.24. The quantitative estimate of drug-likeness (QED) is 0.918. The normalized spacial score (nSPS) is 17.7. The van der Waals surface area contributed by atoms with Gasteiger partial charge < -0.3 is 4.74 Å². The summed E-state index contributed by atoms with van der Waals surface area (Å²) >= 11 is 5.76. The minimum absolute atomic E-state index is 0.0202. The maximum Gasteiger partial charge on any atom is 0.301 e. The minimum atomic E-state index is -3.68. The first-order valence-electron chi connectivity index (χ1n) is 5.30. The van der Waals surface area contributed by atoms with Gasteiger partial charge in [-0.3, -0.25) is 4.72 Å². The molecule has 1 aromatic carbocycles. The molecule has 1 fully saturated rings. The third kappa shape index (κ3) is 3.11. The van der Waals surface area contributed by atoms with Crippen molar-refractivity contribution < 1.29 is 17.5 Å². The summed E-state index contributed by atoms with van der Waals surface area (Å²) in [4.78, 5) is 0. The fourth-order valence-electron chi connectivity index (χ4n) is 1.56. The molecule has 18 heavy (non-hydrogen) atoms. The molecule has 0 unspecified atom stereocenters. The van der Waals surface area contributed by atoms with Gasteiger partial charge in [0.05, 0.1) is 23.9 Å². The number of halogens is 2. The number of morpholine rings is 1. The fourth-order valence-corrected chi connectivity index (χ4v) is 3.05. The number of benzene rings is 1. The van der Waals surface area contributed by atoms with Crippen molar-refractivity contribution in [3.63, 3.8) is 0 Å². The molecule has 1 aliphatic rings. The lowest BCUT2D eigenvalue weighted by molar-refractivity contribution is 0.0733. The van der Waals surface area contributed by atoms with Crippen LogP contribution in [0.3, 0.4) is 0 Å². The van der Waals surface area contributed by atoms with Crippen molar-refractivity contribution in [1.29, 1.82) is 0 Å². The Hall–Kier alpha value is -0.890. The predicted octanol–water partition coefficient (Wildman–Crippen LogP) is 1.47. The first-order chi connectivity index (χ1) is 8.49. The number of rotatable bonds is 3. The van der Waals surface area contributed by atoms with E-state index in [0.29, 0.717) is 13.2 Å². The Morgan fingerprint density at radius 2 is 2.00 bits per heavy atom. The van der Waals surface area contributed by atoms with Crippen molar-refractivity contribution in [2.45, 2.75) is 0 Å². The monoisotopic (exact) mass is 294 g/mol. The second kappa shape index (κ2) is 5.40. The lowest BCUT2D eigenvalue weighted by Crippen LogP contribution is -2.43. The summed E-state index contributed by atoms with van der Waals surface area (Å²) in [6, 6.07) is 3.48. The number of hydrogen-bond donors (Lipinski definition) is 1. The van der Waals surface area contributed by atoms with Crippen LogP contribution in [-0.4, -0.2) is 39.0 Å². The molecule has 1 aromatic rings. The van der Waals surface area contributed by atoms with E-state index in [2.05, 4.69) is 4.72 Å². The molecule has 100 valence electrons. The van der Waals surface area contributed by atoms with E-state index >= 15 is 0 Å². The van der Waals surface area contributed by atoms with Gasteiger partial charge in [-0.05, 0) is 18.2 Å². The summed E-state index contributed by atoms with van der Waals surface area (Å²) in [5, 5.41) is 0.0202. The van der Waals surface area contributed by atoms with Gasteiger partial charge in [-0.25, -0.2) is 4.39 Å². The second-order valence-corrected chi connectivity index (χ2v) is 5.82. The molecule has 1 aliphatic heterocycles. The van der Waals surface area contributed by atoms with E-state index in [1.165, 1.54) is 10.4 Å². The van der Waals surface area contributed by atoms with Crippen molar-refractivity contribution in [2.75, 3.05) is 31.0 Å². The van der Waals surface area contributed by atoms with Gasteiger partial charge in [0.1, 0.15) is 5.82 Å². The van der Waals surface area contributed by atoms with Crippen LogP contribution in [0.25, 0.3) is 0 Å². The summed E-state index contributed by atoms with van der Waals surface area (Å²) in [6.45, 7) is 1.29. The van der Waals surface area contributed by atoms with Gasteiger partial charge in [0, 0.05) is 13.1 Å². The van der Waals surface area contributed by atoms with Crippen LogP contribution < -0.4 is 4.72 Å². The Morgan fingerprint density at radius 3 is 2.61 bits per heavy atom. The molecule has 1 heterocycles. The van der Waals surface area contributed by atoms with E-state index in [-0.39, 0.29) is 23.8 Å². The maximum atomic E-state index is 12.8. The third-order valence-electron chi connectivity index (χ3n) is 2.48. The molecule has 0 bridgehead atoms. The molecule has 0 amide bonds. The van der Waals surface area contributed by atoms with E-state index in [0.717, 1.165) is 12.1 Å². The van der Waals surface area contributed by atoms with E-state index in [4.69, 9.17) is 16.3 Å². The standard InChI is InChI=1S/C10H12ClFN2O3S/c11-9-7-8(12)1-2-10(9)13-18(15,16)14-3-5-17-6-4-14/h1-2,7,13H,3-6H2. The van der Waals surface area contributed by atoms with Gasteiger partial charge in [-0.2, -0.15) is 12.7 Å². The molecular weight excluding hydrogens is 283 g/mol. The molecule has 0 atom stereocenters. The van der Waals surface area contributed by atoms with Gasteiger partial charge in [0.15, 0.2) is 0 Å². The molecule has 1 N–H and O–H groups in total. The highest BCUT2D eigenvalue weighted by atomic mass is 35.5. The van der Waals surface area contributed by atoms with Crippen LogP contribution >= 0.6 is 11.6 Å². The summed E-state index contributed by atoms with van der Waals surface area (Å²) < 4.78 is 45.5. The largest absolute Gasteiger partial charge is 0.379 e. The highest BCUT2D eigenvalue weighted by Gasteiger charge is 2.24. The Labute approximate surface area is 110 Å². The zero-order valence-electron chi connectivity index (χ0n) is 9.40. The molecular formula is C10H12ClFN2O3S. The lowest BCUT2D eigenvalue weighted by atomic mass is 10.3. The molecule has 0 saturated carbocycles. The minimum Gasteiger partial charge on any atom is -0.379 e. The molecule has 0 aliphatic carbocycles. The molecule has 0 aromatic heterocycles. The molecule has 5 nitrogen and oxygen atoms in total. The van der Waals surface area contributed by atoms with Gasteiger partial charge in [0.25, 0.3) is 0 Å². The first-order valence-corrected chi connectivity index (χ1v) is 7.11. The van der Waals surface area contributed by atoms with Crippen LogP contribution in [0.15, 0.2) is 18.2 Å². The number of ether oxygens (including phenoxy) is 1. The average molecular weight is 295 g/mol. The summed E-state index contributed by atoms with van der Waals surface area (Å²) in [7, 11) is -3.68. The summed E-state index contributed by atoms with van der Waals surface area (Å²) in [5.74, 6) is -0.519. The Kier molecular flexibility index (Phi) is 4.06. The van der Waals surface area contributed by atoms with Crippen LogP contribution in [0.5, 0.6) is 0 Å². The van der Waals surface area contributed by atoms with Crippen LogP contribution in [-0.2, 0) is 14.9 Å². The zero-order chi connectivity index (χ0) is 13.2. The Bertz CT molecular complexity index is 532. The van der Waals surface area contributed by atoms with Crippen LogP contribution in [0, 0.1) is 5.82 Å². The second-order valence-electron chi connectivity index (χ2n) is 3.74. The van der Waals surface area contributed by atoms with Crippen molar-refractivity contribution in [1.82, 2.24) is 4.31 Å². The number of nitrogens with one attached hydrogen (secondary N) is 1. The average Bonchev–Trinajstić information content (AvgIpc) is 2.34. The summed E-state index contributed by atoms with van der Waals surface area (Å²) in [6.07, 6.45) is 0. The molecule has 8 heteroatoms. The van der Waals surface area contributed by atoms with E-state index in [1.54, 1.807) is 0 Å². The fraction of sp³-hybridized carbons (Fsp3) is 0.400. The topological polar surface area (TPSA) is 58.6 Å². The Balaban J connectivity index is 2.16. The van der Waals surface area contributed by atoms with Gasteiger partial charge in [-0.15, -0.1) is 0 Å². The number of anilines is 1. The van der Waals surface area contributed by atoms with E-state index in [9.17, 15) is 12.8 Å². The molecule has 0 radical (unpaired) electrons. The van der Waals surface area contributed by atoms with Crippen molar-refractivity contribution in [3.05, 3.63) is 29.0 Å². The predicted molar refractivity (Wildman–Crippen MR) is 66.3 cm³/mol. The van der Waals surface area contributed by atoms with Crippen molar-refractivity contribution in [3.8, 4) is 0 Å². The van der Waals surface area contributed by atoms with Crippen molar-refractivity contribution >= 4 is 27.5 Å². The van der Waals surface area contributed by atoms with Gasteiger partial charge in [0.2, 0.25) is 0 Å². The van der Waals surface area contributed by atoms with E-state index in [1.807, 2.05) is 0 Å². The van der Waals surface area contributed by atoms with Crippen LogP contribution in [0.2, 0.25) is 5.02 Å². The van der Waals surface area contributed by atoms with E-state index < -0.39 is 16.0 Å². The SMILES string of the molecule is O=S(=O)(Nc1ccc(F)cc1Cl)N1CCOCC1. The third-order valence-corrected chi connectivity index (χ3v) is 4.32.